The number of aromatic amines is 1. The van der Waals surface area contributed by atoms with Crippen LogP contribution in [0.25, 0.3) is 0 Å². The number of methoxy groups -OCH3 is 1. The third-order valence-electron chi connectivity index (χ3n) is 3.49. The first-order valence-electron chi connectivity index (χ1n) is 6.65. The number of rotatable bonds is 5. The highest BCUT2D eigenvalue weighted by atomic mass is 16.5. The molecule has 6 nitrogen and oxygen atoms in total. The second kappa shape index (κ2) is 6.68. The summed E-state index contributed by atoms with van der Waals surface area (Å²) in [7, 11) is 1.69. The molecule has 0 aromatic carbocycles. The highest BCUT2D eigenvalue weighted by Crippen LogP contribution is 2.23. The number of nitrogens with two attached hydrogens (primary N) is 1. The van der Waals surface area contributed by atoms with E-state index in [-0.39, 0.29) is 18.2 Å². The largest absolute Gasteiger partial charge is 0.461 e. The lowest BCUT2D eigenvalue weighted by molar-refractivity contribution is -0.154. The summed E-state index contributed by atoms with van der Waals surface area (Å²) < 4.78 is 10.8. The molecule has 2 unspecified atom stereocenters. The Morgan fingerprint density at radius 1 is 1.58 bits per heavy atom. The molecule has 6 heteroatoms. The predicted octanol–water partition coefficient (Wildman–Crippen LogP) is 0.780. The molecule has 0 aliphatic heterocycles. The Labute approximate surface area is 112 Å². The number of aromatic nitrogens is 2. The highest BCUT2D eigenvalue weighted by Gasteiger charge is 2.26. The fraction of sp³-hybridized carbons (Fsp3) is 0.692. The maximum absolute atomic E-state index is 11.9. The van der Waals surface area contributed by atoms with E-state index in [2.05, 4.69) is 9.97 Å². The van der Waals surface area contributed by atoms with Gasteiger partial charge in [0.2, 0.25) is 0 Å². The number of imidazole rings is 1. The van der Waals surface area contributed by atoms with Crippen LogP contribution in [0.2, 0.25) is 0 Å². The van der Waals surface area contributed by atoms with Crippen LogP contribution in [0, 0.1) is 0 Å². The molecule has 19 heavy (non-hydrogen) atoms. The first-order valence-corrected chi connectivity index (χ1v) is 6.65. The summed E-state index contributed by atoms with van der Waals surface area (Å²) in [5.74, 6) is -0.351. The van der Waals surface area contributed by atoms with Crippen molar-refractivity contribution in [3.8, 4) is 0 Å². The fourth-order valence-corrected chi connectivity index (χ4v) is 2.39. The average Bonchev–Trinajstić information content (AvgIpc) is 2.91. The van der Waals surface area contributed by atoms with Gasteiger partial charge in [-0.15, -0.1) is 0 Å². The molecule has 1 aromatic rings. The van der Waals surface area contributed by atoms with Crippen molar-refractivity contribution in [2.45, 2.75) is 50.4 Å². The van der Waals surface area contributed by atoms with Crippen molar-refractivity contribution < 1.29 is 14.3 Å². The second-order valence-electron chi connectivity index (χ2n) is 4.97. The molecule has 0 bridgehead atoms. The standard InChI is InChI=1S/C13H21N3O3/c1-18-10-3-2-4-11(6-10)19-13(17)12(14)5-9-7-15-8-16-9/h7-8,10-12H,2-6,14H2,1H3,(H,15,16)/t10?,11?,12-/m1/s1. The van der Waals surface area contributed by atoms with Gasteiger partial charge in [0.05, 0.1) is 12.4 Å². The van der Waals surface area contributed by atoms with E-state index >= 15 is 0 Å². The van der Waals surface area contributed by atoms with Crippen molar-refractivity contribution >= 4 is 5.97 Å². The molecular weight excluding hydrogens is 246 g/mol. The Balaban J connectivity index is 1.79. The van der Waals surface area contributed by atoms with Crippen LogP contribution >= 0.6 is 0 Å². The number of carbonyl (C=O) groups excluding carboxylic acids is 1. The Hall–Kier alpha value is -1.40. The van der Waals surface area contributed by atoms with Gasteiger partial charge < -0.3 is 20.2 Å². The van der Waals surface area contributed by atoms with E-state index in [4.69, 9.17) is 15.2 Å². The average molecular weight is 267 g/mol. The smallest absolute Gasteiger partial charge is 0.323 e. The maximum atomic E-state index is 11.9. The number of carbonyl (C=O) groups is 1. The van der Waals surface area contributed by atoms with Crippen LogP contribution in [-0.4, -0.2) is 41.3 Å². The number of esters is 1. The van der Waals surface area contributed by atoms with Crippen LogP contribution in [-0.2, 0) is 20.7 Å². The van der Waals surface area contributed by atoms with E-state index in [1.165, 1.54) is 0 Å². The lowest BCUT2D eigenvalue weighted by Gasteiger charge is -2.28. The molecule has 1 aliphatic rings. The van der Waals surface area contributed by atoms with Gasteiger partial charge >= 0.3 is 5.97 Å². The maximum Gasteiger partial charge on any atom is 0.323 e. The number of nitrogens with zero attached hydrogens (tertiary/aromatic N) is 1. The lowest BCUT2D eigenvalue weighted by atomic mass is 9.95. The normalized spacial score (nSPS) is 24.9. The van der Waals surface area contributed by atoms with Gasteiger partial charge in [-0.05, 0) is 19.3 Å². The molecular formula is C13H21N3O3. The van der Waals surface area contributed by atoms with Gasteiger partial charge in [-0.25, -0.2) is 4.98 Å². The molecule has 3 atom stereocenters. The highest BCUT2D eigenvalue weighted by molar-refractivity contribution is 5.76. The molecule has 1 aromatic heterocycles. The molecule has 1 aliphatic carbocycles. The molecule has 1 heterocycles. The zero-order chi connectivity index (χ0) is 13.7. The van der Waals surface area contributed by atoms with E-state index in [0.717, 1.165) is 31.4 Å². The SMILES string of the molecule is COC1CCCC(OC(=O)[C@H](N)Cc2cnc[nH]2)C1. The summed E-state index contributed by atoms with van der Waals surface area (Å²) in [6.45, 7) is 0. The van der Waals surface area contributed by atoms with Gasteiger partial charge in [-0.3, -0.25) is 4.79 Å². The minimum Gasteiger partial charge on any atom is -0.461 e. The van der Waals surface area contributed by atoms with Crippen molar-refractivity contribution in [3.05, 3.63) is 18.2 Å². The van der Waals surface area contributed by atoms with Crippen molar-refractivity contribution in [2.24, 2.45) is 5.73 Å². The van der Waals surface area contributed by atoms with Crippen molar-refractivity contribution in [2.75, 3.05) is 7.11 Å². The zero-order valence-corrected chi connectivity index (χ0v) is 11.2. The van der Waals surface area contributed by atoms with Gasteiger partial charge in [0.1, 0.15) is 12.1 Å². The summed E-state index contributed by atoms with van der Waals surface area (Å²) in [6, 6.07) is -0.650. The topological polar surface area (TPSA) is 90.2 Å². The van der Waals surface area contributed by atoms with Crippen LogP contribution < -0.4 is 5.73 Å². The monoisotopic (exact) mass is 267 g/mol. The Bertz CT molecular complexity index is 394. The number of ether oxygens (including phenoxy) is 2. The molecule has 0 saturated heterocycles. The molecule has 0 spiro atoms. The Kier molecular flexibility index (Phi) is 4.93. The molecule has 3 N–H and O–H groups in total. The molecule has 106 valence electrons. The van der Waals surface area contributed by atoms with E-state index in [1.807, 2.05) is 0 Å². The second-order valence-corrected chi connectivity index (χ2v) is 4.97. The van der Waals surface area contributed by atoms with E-state index in [1.54, 1.807) is 19.6 Å². The summed E-state index contributed by atoms with van der Waals surface area (Å²) in [4.78, 5) is 18.7. The first-order chi connectivity index (χ1) is 9.19. The predicted molar refractivity (Wildman–Crippen MR) is 69.4 cm³/mol. The molecule has 0 amide bonds. The van der Waals surface area contributed by atoms with Crippen LogP contribution in [0.1, 0.15) is 31.4 Å². The molecule has 0 radical (unpaired) electrons. The van der Waals surface area contributed by atoms with Gasteiger partial charge in [-0.1, -0.05) is 0 Å². The fourth-order valence-electron chi connectivity index (χ4n) is 2.39. The summed E-state index contributed by atoms with van der Waals surface area (Å²) >= 11 is 0. The van der Waals surface area contributed by atoms with Crippen molar-refractivity contribution in [1.82, 2.24) is 9.97 Å². The van der Waals surface area contributed by atoms with Crippen LogP contribution in [0.4, 0.5) is 0 Å². The van der Waals surface area contributed by atoms with Crippen molar-refractivity contribution in [3.63, 3.8) is 0 Å². The summed E-state index contributed by atoms with van der Waals surface area (Å²) in [6.07, 6.45) is 7.47. The minimum atomic E-state index is -0.650. The third-order valence-corrected chi connectivity index (χ3v) is 3.49. The van der Waals surface area contributed by atoms with E-state index < -0.39 is 6.04 Å². The van der Waals surface area contributed by atoms with Gasteiger partial charge in [0.25, 0.3) is 0 Å². The number of nitrogens with one attached hydrogen (secondary N) is 1. The van der Waals surface area contributed by atoms with Crippen LogP contribution in [0.15, 0.2) is 12.5 Å². The van der Waals surface area contributed by atoms with Crippen LogP contribution in [0.5, 0.6) is 0 Å². The Morgan fingerprint density at radius 3 is 3.05 bits per heavy atom. The van der Waals surface area contributed by atoms with Gasteiger partial charge in [-0.2, -0.15) is 0 Å². The minimum absolute atomic E-state index is 0.0704. The van der Waals surface area contributed by atoms with Gasteiger partial charge in [0, 0.05) is 31.8 Å². The number of hydrogen-bond acceptors (Lipinski definition) is 5. The molecule has 1 saturated carbocycles. The molecule has 1 fully saturated rings. The zero-order valence-electron chi connectivity index (χ0n) is 11.2. The first kappa shape index (κ1) is 14.0. The summed E-state index contributed by atoms with van der Waals surface area (Å²) in [5.41, 5.74) is 6.68. The van der Waals surface area contributed by atoms with Crippen LogP contribution in [0.3, 0.4) is 0 Å². The quantitative estimate of drug-likeness (QED) is 0.769. The third kappa shape index (κ3) is 4.04. The lowest BCUT2D eigenvalue weighted by Crippen LogP contribution is -2.38. The summed E-state index contributed by atoms with van der Waals surface area (Å²) in [5, 5.41) is 0. The van der Waals surface area contributed by atoms with Crippen molar-refractivity contribution in [1.29, 1.82) is 0 Å². The number of hydrogen-bond donors (Lipinski definition) is 2. The number of H-pyrrole nitrogens is 1. The molecule has 2 rings (SSSR count). The van der Waals surface area contributed by atoms with E-state index in [9.17, 15) is 4.79 Å². The van der Waals surface area contributed by atoms with E-state index in [0.29, 0.717) is 6.42 Å². The Morgan fingerprint density at radius 2 is 2.37 bits per heavy atom. The van der Waals surface area contributed by atoms with Gasteiger partial charge in [0.15, 0.2) is 0 Å².